The minimum atomic E-state index is -0.423. The van der Waals surface area contributed by atoms with Crippen molar-refractivity contribution in [2.75, 3.05) is 31.2 Å². The molecule has 0 spiro atoms. The zero-order chi connectivity index (χ0) is 23.5. The van der Waals surface area contributed by atoms with Crippen LogP contribution in [-0.2, 0) is 22.5 Å². The number of carbonyl (C=O) groups excluding carboxylic acids is 1. The number of nitrogens with zero attached hydrogens (tertiary/aromatic N) is 5. The van der Waals surface area contributed by atoms with Gasteiger partial charge in [-0.05, 0) is 23.8 Å². The number of fused-ring (bicyclic) bond motifs is 1. The van der Waals surface area contributed by atoms with Crippen LogP contribution in [0.1, 0.15) is 11.3 Å². The molecule has 1 aliphatic rings. The summed E-state index contributed by atoms with van der Waals surface area (Å²) in [6, 6.07) is 14.9. The van der Waals surface area contributed by atoms with Gasteiger partial charge in [-0.2, -0.15) is 0 Å². The molecular formula is C24H22ClN5O3S. The topological polar surface area (TPSA) is 92.3 Å². The van der Waals surface area contributed by atoms with Crippen LogP contribution in [0.3, 0.4) is 0 Å². The predicted molar refractivity (Wildman–Crippen MR) is 133 cm³/mol. The Morgan fingerprint density at radius 3 is 2.71 bits per heavy atom. The molecule has 0 aliphatic carbocycles. The number of azo groups is 1. The third kappa shape index (κ3) is 4.82. The van der Waals surface area contributed by atoms with E-state index in [4.69, 9.17) is 16.3 Å². The Hall–Kier alpha value is -3.27. The number of amides is 1. The van der Waals surface area contributed by atoms with Gasteiger partial charge in [0.15, 0.2) is 10.8 Å². The van der Waals surface area contributed by atoms with Crippen LogP contribution < -0.4 is 4.90 Å². The van der Waals surface area contributed by atoms with E-state index in [2.05, 4.69) is 20.1 Å². The molecule has 1 N–H and O–H groups in total. The number of anilines is 1. The summed E-state index contributed by atoms with van der Waals surface area (Å²) in [5.41, 5.74) is 2.70. The molecule has 10 heteroatoms. The summed E-state index contributed by atoms with van der Waals surface area (Å²) < 4.78 is 7.12. The number of aromatic hydroxyl groups is 1. The van der Waals surface area contributed by atoms with Gasteiger partial charge >= 0.3 is 0 Å². The molecule has 2 aromatic heterocycles. The maximum Gasteiger partial charge on any atom is 0.270 e. The molecular weight excluding hydrogens is 474 g/mol. The van der Waals surface area contributed by atoms with Gasteiger partial charge in [0.05, 0.1) is 37.4 Å². The third-order valence-electron chi connectivity index (χ3n) is 5.59. The molecule has 1 aliphatic heterocycles. The van der Waals surface area contributed by atoms with Gasteiger partial charge in [-0.15, -0.1) is 21.6 Å². The van der Waals surface area contributed by atoms with Crippen molar-refractivity contribution in [2.45, 2.75) is 13.0 Å². The lowest BCUT2D eigenvalue weighted by Gasteiger charge is -2.25. The van der Waals surface area contributed by atoms with Gasteiger partial charge in [0.2, 0.25) is 5.88 Å². The van der Waals surface area contributed by atoms with E-state index < -0.39 is 5.91 Å². The highest BCUT2D eigenvalue weighted by Gasteiger charge is 2.18. The largest absolute Gasteiger partial charge is 0.493 e. The van der Waals surface area contributed by atoms with Crippen molar-refractivity contribution in [1.82, 2.24) is 9.55 Å². The van der Waals surface area contributed by atoms with Gasteiger partial charge in [0.1, 0.15) is 0 Å². The van der Waals surface area contributed by atoms with E-state index in [1.807, 2.05) is 53.9 Å². The minimum absolute atomic E-state index is 0.0454. The van der Waals surface area contributed by atoms with Crippen LogP contribution in [0.15, 0.2) is 64.1 Å². The van der Waals surface area contributed by atoms with Gasteiger partial charge in [0, 0.05) is 28.9 Å². The Labute approximate surface area is 205 Å². The number of carbonyl (C=O) groups is 1. The standard InChI is InChI=1S/C24H22ClN5O3S/c25-17-7-5-16(6-8-17)14-30-20-4-2-1-3-19(20)22(23(30)32)28-27-21(31)13-18-15-34-24(26-18)29-9-11-33-12-10-29/h1-8,15,32H,9-14H2. The van der Waals surface area contributed by atoms with Crippen LogP contribution in [0, 0.1) is 0 Å². The van der Waals surface area contributed by atoms with Crippen LogP contribution in [0.4, 0.5) is 10.8 Å². The zero-order valence-electron chi connectivity index (χ0n) is 18.2. The van der Waals surface area contributed by atoms with Crippen molar-refractivity contribution >= 4 is 50.6 Å². The number of hydrogen-bond donors (Lipinski definition) is 1. The summed E-state index contributed by atoms with van der Waals surface area (Å²) >= 11 is 7.49. The number of thiazole rings is 1. The van der Waals surface area contributed by atoms with Crippen molar-refractivity contribution < 1.29 is 14.6 Å². The van der Waals surface area contributed by atoms with E-state index in [0.29, 0.717) is 35.9 Å². The first-order valence-electron chi connectivity index (χ1n) is 10.8. The molecule has 2 aromatic carbocycles. The van der Waals surface area contributed by atoms with Gasteiger partial charge in [-0.3, -0.25) is 4.79 Å². The number of aromatic nitrogens is 2. The van der Waals surface area contributed by atoms with E-state index >= 15 is 0 Å². The van der Waals surface area contributed by atoms with E-state index in [1.54, 1.807) is 4.57 Å². The quantitative estimate of drug-likeness (QED) is 0.371. The molecule has 1 saturated heterocycles. The second-order valence-corrected chi connectivity index (χ2v) is 9.17. The monoisotopic (exact) mass is 495 g/mol. The summed E-state index contributed by atoms with van der Waals surface area (Å²) in [7, 11) is 0. The van der Waals surface area contributed by atoms with E-state index in [-0.39, 0.29) is 18.0 Å². The molecule has 5 rings (SSSR count). The van der Waals surface area contributed by atoms with Crippen LogP contribution >= 0.6 is 22.9 Å². The fourth-order valence-corrected chi connectivity index (χ4v) is 4.88. The van der Waals surface area contributed by atoms with Crippen LogP contribution in [-0.4, -0.2) is 46.9 Å². The Morgan fingerprint density at radius 2 is 1.91 bits per heavy atom. The molecule has 8 nitrogen and oxygen atoms in total. The average molecular weight is 496 g/mol. The molecule has 0 saturated carbocycles. The average Bonchev–Trinajstić information content (AvgIpc) is 3.42. The lowest BCUT2D eigenvalue weighted by Crippen LogP contribution is -2.36. The molecule has 3 heterocycles. The lowest BCUT2D eigenvalue weighted by molar-refractivity contribution is -0.117. The van der Waals surface area contributed by atoms with Crippen molar-refractivity contribution in [2.24, 2.45) is 10.2 Å². The smallest absolute Gasteiger partial charge is 0.270 e. The summed E-state index contributed by atoms with van der Waals surface area (Å²) in [5, 5.41) is 23.1. The number of benzene rings is 2. The SMILES string of the molecule is O=C(Cc1csc(N2CCOCC2)n1)N=Nc1c(O)n(Cc2ccc(Cl)cc2)c2ccccc12. The first kappa shape index (κ1) is 22.5. The summed E-state index contributed by atoms with van der Waals surface area (Å²) in [6.45, 7) is 3.37. The maximum atomic E-state index is 12.5. The lowest BCUT2D eigenvalue weighted by atomic mass is 10.2. The number of halogens is 1. The Balaban J connectivity index is 1.34. The fraction of sp³-hybridized carbons (Fsp3) is 0.250. The van der Waals surface area contributed by atoms with Gasteiger partial charge < -0.3 is 19.3 Å². The van der Waals surface area contributed by atoms with E-state index in [9.17, 15) is 9.90 Å². The number of ether oxygens (including phenoxy) is 1. The second kappa shape index (κ2) is 9.92. The maximum absolute atomic E-state index is 12.5. The first-order chi connectivity index (χ1) is 16.6. The molecule has 174 valence electrons. The highest BCUT2D eigenvalue weighted by molar-refractivity contribution is 7.13. The molecule has 0 radical (unpaired) electrons. The van der Waals surface area contributed by atoms with Gasteiger partial charge in [-0.1, -0.05) is 41.9 Å². The van der Waals surface area contributed by atoms with E-state index in [0.717, 1.165) is 29.3 Å². The number of rotatable bonds is 6. The first-order valence-corrected chi connectivity index (χ1v) is 12.1. The Kier molecular flexibility index (Phi) is 6.57. The molecule has 0 bridgehead atoms. The van der Waals surface area contributed by atoms with Crippen molar-refractivity contribution in [3.8, 4) is 5.88 Å². The minimum Gasteiger partial charge on any atom is -0.493 e. The summed E-state index contributed by atoms with van der Waals surface area (Å²) in [6.07, 6.45) is 0.0501. The summed E-state index contributed by atoms with van der Waals surface area (Å²) in [5.74, 6) is -0.469. The third-order valence-corrected chi connectivity index (χ3v) is 6.79. The second-order valence-electron chi connectivity index (χ2n) is 7.89. The predicted octanol–water partition coefficient (Wildman–Crippen LogP) is 5.19. The normalized spacial score (nSPS) is 14.3. The fourth-order valence-electron chi connectivity index (χ4n) is 3.88. The molecule has 4 aromatic rings. The van der Waals surface area contributed by atoms with Crippen molar-refractivity contribution in [3.05, 3.63) is 70.2 Å². The Morgan fingerprint density at radius 1 is 1.15 bits per heavy atom. The van der Waals surface area contributed by atoms with Gasteiger partial charge in [0.25, 0.3) is 5.91 Å². The van der Waals surface area contributed by atoms with E-state index in [1.165, 1.54) is 11.3 Å². The number of hydrogen-bond acceptors (Lipinski definition) is 7. The van der Waals surface area contributed by atoms with Gasteiger partial charge in [-0.25, -0.2) is 4.98 Å². The highest BCUT2D eigenvalue weighted by Crippen LogP contribution is 2.39. The van der Waals surface area contributed by atoms with Crippen molar-refractivity contribution in [1.29, 1.82) is 0 Å². The highest BCUT2D eigenvalue weighted by atomic mass is 35.5. The molecule has 0 atom stereocenters. The molecule has 34 heavy (non-hydrogen) atoms. The van der Waals surface area contributed by atoms with Crippen LogP contribution in [0.2, 0.25) is 5.02 Å². The van der Waals surface area contributed by atoms with Crippen LogP contribution in [0.25, 0.3) is 10.9 Å². The number of morpholine rings is 1. The van der Waals surface area contributed by atoms with Crippen molar-refractivity contribution in [3.63, 3.8) is 0 Å². The zero-order valence-corrected chi connectivity index (χ0v) is 19.8. The molecule has 0 unspecified atom stereocenters. The molecule has 1 amide bonds. The number of para-hydroxylation sites is 1. The Bertz CT molecular complexity index is 1340. The summed E-state index contributed by atoms with van der Waals surface area (Å²) in [4.78, 5) is 19.2. The van der Waals surface area contributed by atoms with Crippen LogP contribution in [0.5, 0.6) is 5.88 Å². The molecule has 1 fully saturated rings.